The molecule has 4 nitrogen and oxygen atoms in total. The number of ether oxygens (including phenoxy) is 1. The maximum Gasteiger partial charge on any atom is 0.214 e. The van der Waals surface area contributed by atoms with Crippen LogP contribution >= 0.6 is 22.6 Å². The van der Waals surface area contributed by atoms with Gasteiger partial charge in [0.25, 0.3) is 0 Å². The monoisotopic (exact) mass is 370 g/mol. The lowest BCUT2D eigenvalue weighted by atomic mass is 10.1. The Morgan fingerprint density at radius 3 is 2.47 bits per heavy atom. The third-order valence-electron chi connectivity index (χ3n) is 2.79. The van der Waals surface area contributed by atoms with Crippen molar-refractivity contribution in [3.05, 3.63) is 45.3 Å². The fourth-order valence-electron chi connectivity index (χ4n) is 1.84. The Kier molecular flexibility index (Phi) is 4.24. The number of hydrogen-bond acceptors (Lipinski definition) is 3. The van der Waals surface area contributed by atoms with Gasteiger partial charge in [-0.2, -0.15) is 5.10 Å². The van der Waals surface area contributed by atoms with Crippen molar-refractivity contribution in [1.29, 1.82) is 0 Å². The smallest absolute Gasteiger partial charge is 0.214 e. The van der Waals surface area contributed by atoms with E-state index in [2.05, 4.69) is 27.7 Å². The lowest BCUT2D eigenvalue weighted by molar-refractivity contribution is 0.102. The number of hydrogen-bond donors (Lipinski definition) is 0. The third-order valence-corrected chi connectivity index (χ3v) is 3.51. The lowest BCUT2D eigenvalue weighted by Gasteiger charge is -2.11. The van der Waals surface area contributed by atoms with Gasteiger partial charge >= 0.3 is 0 Å². The molecule has 0 atom stereocenters. The minimum atomic E-state index is -0.0700. The van der Waals surface area contributed by atoms with Crippen LogP contribution in [-0.4, -0.2) is 22.7 Å². The molecule has 5 heteroatoms. The molecule has 0 N–H and O–H groups in total. The van der Waals surface area contributed by atoms with E-state index in [4.69, 9.17) is 4.74 Å². The lowest BCUT2D eigenvalue weighted by Crippen LogP contribution is -2.14. The molecule has 0 bridgehead atoms. The number of rotatable bonds is 4. The number of ketones is 1. The number of aromatic nitrogens is 2. The predicted octanol–water partition coefficient (Wildman–Crippen LogP) is 3.31. The van der Waals surface area contributed by atoms with Crippen LogP contribution < -0.4 is 4.74 Å². The van der Waals surface area contributed by atoms with Crippen LogP contribution in [-0.2, 0) is 0 Å². The average Bonchev–Trinajstić information content (AvgIpc) is 2.82. The number of carbonyl (C=O) groups is 1. The largest absolute Gasteiger partial charge is 0.493 e. The molecule has 1 aromatic heterocycles. The summed E-state index contributed by atoms with van der Waals surface area (Å²) in [6, 6.07) is 7.57. The first-order chi connectivity index (χ1) is 9.04. The second kappa shape index (κ2) is 5.73. The van der Waals surface area contributed by atoms with Crippen molar-refractivity contribution >= 4 is 28.4 Å². The fourth-order valence-corrected chi connectivity index (χ4v) is 2.20. The normalized spacial score (nSPS) is 10.8. The van der Waals surface area contributed by atoms with Crippen molar-refractivity contribution in [2.24, 2.45) is 0 Å². The van der Waals surface area contributed by atoms with Crippen molar-refractivity contribution in [2.45, 2.75) is 19.9 Å². The topological polar surface area (TPSA) is 44.1 Å². The summed E-state index contributed by atoms with van der Waals surface area (Å²) in [6.07, 6.45) is 1.58. The zero-order valence-electron chi connectivity index (χ0n) is 11.1. The molecule has 0 saturated heterocycles. The summed E-state index contributed by atoms with van der Waals surface area (Å²) >= 11 is 2.21. The van der Waals surface area contributed by atoms with Gasteiger partial charge in [-0.25, -0.2) is 0 Å². The van der Waals surface area contributed by atoms with Crippen LogP contribution in [0.1, 0.15) is 35.9 Å². The van der Waals surface area contributed by atoms with Crippen LogP contribution in [0.4, 0.5) is 0 Å². The van der Waals surface area contributed by atoms with E-state index >= 15 is 0 Å². The summed E-state index contributed by atoms with van der Waals surface area (Å²) in [5.74, 6) is 0.441. The Morgan fingerprint density at radius 2 is 1.95 bits per heavy atom. The summed E-state index contributed by atoms with van der Waals surface area (Å²) < 4.78 is 8.03. The SMILES string of the molecule is COc1cnn(C(C)C)c1C(=O)c1ccc(I)cc1. The number of carbonyl (C=O) groups excluding carboxylic acids is 1. The van der Waals surface area contributed by atoms with Gasteiger partial charge in [0.15, 0.2) is 11.4 Å². The van der Waals surface area contributed by atoms with Gasteiger partial charge in [-0.05, 0) is 60.7 Å². The standard InChI is InChI=1S/C14H15IN2O2/c1-9(2)17-13(12(19-3)8-16-17)14(18)10-4-6-11(15)7-5-10/h4-9H,1-3H3. The second-order valence-corrected chi connectivity index (χ2v) is 5.68. The number of methoxy groups -OCH3 is 1. The minimum Gasteiger partial charge on any atom is -0.493 e. The van der Waals surface area contributed by atoms with E-state index in [9.17, 15) is 4.79 Å². The van der Waals surface area contributed by atoms with E-state index in [1.165, 1.54) is 0 Å². The second-order valence-electron chi connectivity index (χ2n) is 4.44. The van der Waals surface area contributed by atoms with Gasteiger partial charge in [0.1, 0.15) is 0 Å². The molecule has 19 heavy (non-hydrogen) atoms. The maximum absolute atomic E-state index is 12.6. The summed E-state index contributed by atoms with van der Waals surface area (Å²) in [5, 5.41) is 4.22. The highest BCUT2D eigenvalue weighted by Gasteiger charge is 2.22. The van der Waals surface area contributed by atoms with E-state index in [1.807, 2.05) is 38.1 Å². The van der Waals surface area contributed by atoms with E-state index in [0.717, 1.165) is 3.57 Å². The maximum atomic E-state index is 12.6. The zero-order chi connectivity index (χ0) is 14.0. The average molecular weight is 370 g/mol. The Morgan fingerprint density at radius 1 is 1.32 bits per heavy atom. The molecule has 0 radical (unpaired) electrons. The van der Waals surface area contributed by atoms with Crippen LogP contribution in [0.2, 0.25) is 0 Å². The van der Waals surface area contributed by atoms with Crippen molar-refractivity contribution in [3.63, 3.8) is 0 Å². The van der Waals surface area contributed by atoms with Gasteiger partial charge in [-0.15, -0.1) is 0 Å². The van der Waals surface area contributed by atoms with Gasteiger partial charge in [0, 0.05) is 15.2 Å². The van der Waals surface area contributed by atoms with Gasteiger partial charge in [0.2, 0.25) is 5.78 Å². The molecule has 0 aliphatic heterocycles. The molecule has 2 aromatic rings. The first-order valence-corrected chi connectivity index (χ1v) is 7.04. The molecular formula is C14H15IN2O2. The Bertz CT molecular complexity index is 588. The van der Waals surface area contributed by atoms with Crippen molar-refractivity contribution in [3.8, 4) is 5.75 Å². The summed E-state index contributed by atoms with van der Waals surface area (Å²) in [5.41, 5.74) is 1.14. The highest BCUT2D eigenvalue weighted by Crippen LogP contribution is 2.24. The third kappa shape index (κ3) is 2.80. The van der Waals surface area contributed by atoms with Crippen molar-refractivity contribution < 1.29 is 9.53 Å². The zero-order valence-corrected chi connectivity index (χ0v) is 13.2. The van der Waals surface area contributed by atoms with Crippen LogP contribution in [0, 0.1) is 3.57 Å². The van der Waals surface area contributed by atoms with Crippen LogP contribution in [0.5, 0.6) is 5.75 Å². The van der Waals surface area contributed by atoms with E-state index in [-0.39, 0.29) is 11.8 Å². The molecule has 0 aliphatic carbocycles. The molecule has 0 aliphatic rings. The molecule has 0 saturated carbocycles. The number of halogens is 1. The molecule has 2 rings (SSSR count). The first kappa shape index (κ1) is 14.0. The van der Waals surface area contributed by atoms with Crippen LogP contribution in [0.3, 0.4) is 0 Å². The van der Waals surface area contributed by atoms with Crippen LogP contribution in [0.15, 0.2) is 30.5 Å². The van der Waals surface area contributed by atoms with Crippen molar-refractivity contribution in [2.75, 3.05) is 7.11 Å². The van der Waals surface area contributed by atoms with Gasteiger partial charge in [0.05, 0.1) is 13.3 Å². The van der Waals surface area contributed by atoms with Gasteiger partial charge < -0.3 is 4.74 Å². The molecule has 0 spiro atoms. The van der Waals surface area contributed by atoms with Crippen LogP contribution in [0.25, 0.3) is 0 Å². The van der Waals surface area contributed by atoms with Crippen molar-refractivity contribution in [1.82, 2.24) is 9.78 Å². The first-order valence-electron chi connectivity index (χ1n) is 5.96. The molecular weight excluding hydrogens is 355 g/mol. The quantitative estimate of drug-likeness (QED) is 0.613. The number of benzene rings is 1. The molecule has 0 amide bonds. The Labute approximate surface area is 125 Å². The molecule has 0 fully saturated rings. The highest BCUT2D eigenvalue weighted by atomic mass is 127. The molecule has 1 heterocycles. The molecule has 1 aromatic carbocycles. The Balaban J connectivity index is 2.48. The fraction of sp³-hybridized carbons (Fsp3) is 0.286. The highest BCUT2D eigenvalue weighted by molar-refractivity contribution is 14.1. The number of nitrogens with zero attached hydrogens (tertiary/aromatic N) is 2. The molecule has 0 unspecified atom stereocenters. The molecule has 100 valence electrons. The summed E-state index contributed by atoms with van der Waals surface area (Å²) in [4.78, 5) is 12.6. The predicted molar refractivity (Wildman–Crippen MR) is 81.8 cm³/mol. The van der Waals surface area contributed by atoms with E-state index < -0.39 is 0 Å². The summed E-state index contributed by atoms with van der Waals surface area (Å²) in [7, 11) is 1.55. The van der Waals surface area contributed by atoms with E-state index in [1.54, 1.807) is 18.0 Å². The van der Waals surface area contributed by atoms with E-state index in [0.29, 0.717) is 17.0 Å². The Hall–Kier alpha value is -1.37. The van der Waals surface area contributed by atoms with Gasteiger partial charge in [-0.1, -0.05) is 0 Å². The summed E-state index contributed by atoms with van der Waals surface area (Å²) in [6.45, 7) is 3.97. The van der Waals surface area contributed by atoms with Gasteiger partial charge in [-0.3, -0.25) is 9.48 Å². The minimum absolute atomic E-state index is 0.0700.